The molecule has 2 rings (SSSR count). The maximum absolute atomic E-state index is 11.5. The number of anilines is 1. The van der Waals surface area contributed by atoms with Crippen LogP contribution in [0.15, 0.2) is 35.8 Å². The van der Waals surface area contributed by atoms with Gasteiger partial charge in [0.1, 0.15) is 5.82 Å². The van der Waals surface area contributed by atoms with E-state index in [-0.39, 0.29) is 5.91 Å². The lowest BCUT2D eigenvalue weighted by molar-refractivity contribution is 0.103. The van der Waals surface area contributed by atoms with Crippen molar-refractivity contribution in [3.05, 3.63) is 40.7 Å². The van der Waals surface area contributed by atoms with Gasteiger partial charge in [-0.25, -0.2) is 0 Å². The predicted octanol–water partition coefficient (Wildman–Crippen LogP) is 2.33. The van der Waals surface area contributed by atoms with Gasteiger partial charge in [-0.3, -0.25) is 4.79 Å². The highest BCUT2D eigenvalue weighted by atomic mass is 32.1. The summed E-state index contributed by atoms with van der Waals surface area (Å²) in [7, 11) is 0. The fourth-order valence-electron chi connectivity index (χ4n) is 1.000. The average Bonchev–Trinajstić information content (AvgIpc) is 2.74. The molecule has 0 saturated heterocycles. The van der Waals surface area contributed by atoms with Crippen molar-refractivity contribution in [2.75, 3.05) is 5.32 Å². The lowest BCUT2D eigenvalue weighted by Gasteiger charge is -1.98. The highest BCUT2D eigenvalue weighted by molar-refractivity contribution is 7.12. The van der Waals surface area contributed by atoms with Gasteiger partial charge in [0, 0.05) is 6.20 Å². The van der Waals surface area contributed by atoms with Gasteiger partial charge in [-0.15, -0.1) is 11.3 Å². The standard InChI is InChI=1S/C9H8N2OS/c12-9(7-3-2-6-13-7)11-8-4-1-5-10-8/h1-6,10H,(H,11,12). The first-order valence-corrected chi connectivity index (χ1v) is 4.72. The molecule has 0 atom stereocenters. The zero-order chi connectivity index (χ0) is 9.10. The van der Waals surface area contributed by atoms with E-state index in [1.165, 1.54) is 11.3 Å². The molecule has 0 bridgehead atoms. The summed E-state index contributed by atoms with van der Waals surface area (Å²) in [5, 5.41) is 4.62. The van der Waals surface area contributed by atoms with Crippen LogP contribution < -0.4 is 5.32 Å². The molecule has 0 unspecified atom stereocenters. The van der Waals surface area contributed by atoms with Gasteiger partial charge in [0.05, 0.1) is 4.88 Å². The smallest absolute Gasteiger partial charge is 0.266 e. The van der Waals surface area contributed by atoms with Crippen LogP contribution >= 0.6 is 11.3 Å². The summed E-state index contributed by atoms with van der Waals surface area (Å²) in [6.07, 6.45) is 1.77. The van der Waals surface area contributed by atoms with E-state index in [0.717, 1.165) is 10.7 Å². The predicted molar refractivity (Wildman–Crippen MR) is 53.1 cm³/mol. The van der Waals surface area contributed by atoms with Gasteiger partial charge in [0.2, 0.25) is 0 Å². The second kappa shape index (κ2) is 3.45. The van der Waals surface area contributed by atoms with Gasteiger partial charge in [0.25, 0.3) is 5.91 Å². The number of H-pyrrole nitrogens is 1. The fraction of sp³-hybridized carbons (Fsp3) is 0. The summed E-state index contributed by atoms with van der Waals surface area (Å²) in [4.78, 5) is 15.1. The number of carbonyl (C=O) groups excluding carboxylic acids is 1. The molecule has 0 aliphatic heterocycles. The molecule has 0 fully saturated rings. The number of amides is 1. The maximum atomic E-state index is 11.5. The number of aromatic amines is 1. The van der Waals surface area contributed by atoms with Crippen LogP contribution in [0.25, 0.3) is 0 Å². The molecule has 2 aromatic heterocycles. The highest BCUT2D eigenvalue weighted by Crippen LogP contribution is 2.11. The Morgan fingerprint density at radius 1 is 1.38 bits per heavy atom. The van der Waals surface area contributed by atoms with Crippen LogP contribution in [-0.2, 0) is 0 Å². The number of aromatic nitrogens is 1. The van der Waals surface area contributed by atoms with Crippen molar-refractivity contribution in [2.24, 2.45) is 0 Å². The van der Waals surface area contributed by atoms with Crippen LogP contribution in [0.2, 0.25) is 0 Å². The zero-order valence-electron chi connectivity index (χ0n) is 6.78. The van der Waals surface area contributed by atoms with Crippen LogP contribution in [0, 0.1) is 0 Å². The van der Waals surface area contributed by atoms with E-state index in [9.17, 15) is 4.79 Å². The Bertz CT molecular complexity index is 378. The van der Waals surface area contributed by atoms with Crippen molar-refractivity contribution in [1.82, 2.24) is 4.98 Å². The minimum atomic E-state index is -0.0718. The molecule has 0 aliphatic carbocycles. The molecule has 4 heteroatoms. The average molecular weight is 192 g/mol. The van der Waals surface area contributed by atoms with E-state index in [1.807, 2.05) is 23.6 Å². The van der Waals surface area contributed by atoms with Crippen LogP contribution in [-0.4, -0.2) is 10.9 Å². The molecular formula is C9H8N2OS. The van der Waals surface area contributed by atoms with Crippen LogP contribution in [0.3, 0.4) is 0 Å². The van der Waals surface area contributed by atoms with E-state index in [0.29, 0.717) is 0 Å². The van der Waals surface area contributed by atoms with Crippen LogP contribution in [0.4, 0.5) is 5.82 Å². The minimum Gasteiger partial charge on any atom is -0.348 e. The summed E-state index contributed by atoms with van der Waals surface area (Å²) >= 11 is 1.43. The molecule has 0 radical (unpaired) electrons. The Kier molecular flexibility index (Phi) is 2.14. The normalized spacial score (nSPS) is 9.85. The Labute approximate surface area is 79.4 Å². The van der Waals surface area contributed by atoms with E-state index in [1.54, 1.807) is 12.3 Å². The van der Waals surface area contributed by atoms with E-state index in [4.69, 9.17) is 0 Å². The number of carbonyl (C=O) groups is 1. The van der Waals surface area contributed by atoms with Crippen molar-refractivity contribution in [1.29, 1.82) is 0 Å². The number of thiophene rings is 1. The Balaban J connectivity index is 2.08. The lowest BCUT2D eigenvalue weighted by Crippen LogP contribution is -2.09. The number of hydrogen-bond acceptors (Lipinski definition) is 2. The van der Waals surface area contributed by atoms with Crippen molar-refractivity contribution in [3.63, 3.8) is 0 Å². The molecule has 0 aromatic carbocycles. The number of rotatable bonds is 2. The molecule has 0 saturated carbocycles. The van der Waals surface area contributed by atoms with E-state index >= 15 is 0 Å². The second-order valence-corrected chi connectivity index (χ2v) is 3.46. The zero-order valence-corrected chi connectivity index (χ0v) is 7.60. The van der Waals surface area contributed by atoms with E-state index in [2.05, 4.69) is 10.3 Å². The lowest BCUT2D eigenvalue weighted by atomic mass is 10.4. The first kappa shape index (κ1) is 8.07. The van der Waals surface area contributed by atoms with Gasteiger partial charge >= 0.3 is 0 Å². The van der Waals surface area contributed by atoms with Crippen LogP contribution in [0.5, 0.6) is 0 Å². The molecule has 0 aliphatic rings. The first-order valence-electron chi connectivity index (χ1n) is 3.84. The van der Waals surface area contributed by atoms with Crippen molar-refractivity contribution in [3.8, 4) is 0 Å². The molecular weight excluding hydrogens is 184 g/mol. The first-order chi connectivity index (χ1) is 6.36. The summed E-state index contributed by atoms with van der Waals surface area (Å²) in [6.45, 7) is 0. The summed E-state index contributed by atoms with van der Waals surface area (Å²) in [6, 6.07) is 7.30. The third-order valence-corrected chi connectivity index (χ3v) is 2.46. The van der Waals surface area contributed by atoms with Gasteiger partial charge in [0.15, 0.2) is 0 Å². The van der Waals surface area contributed by atoms with Gasteiger partial charge in [-0.2, -0.15) is 0 Å². The van der Waals surface area contributed by atoms with Gasteiger partial charge in [-0.05, 0) is 23.6 Å². The SMILES string of the molecule is O=C(Nc1ccc[nH]1)c1cccs1. The van der Waals surface area contributed by atoms with Gasteiger partial charge in [-0.1, -0.05) is 6.07 Å². The Morgan fingerprint density at radius 3 is 2.92 bits per heavy atom. The van der Waals surface area contributed by atoms with Crippen molar-refractivity contribution in [2.45, 2.75) is 0 Å². The fourth-order valence-corrected chi connectivity index (χ4v) is 1.62. The molecule has 2 N–H and O–H groups in total. The van der Waals surface area contributed by atoms with Crippen molar-refractivity contribution >= 4 is 23.1 Å². The minimum absolute atomic E-state index is 0.0718. The third-order valence-electron chi connectivity index (χ3n) is 1.59. The van der Waals surface area contributed by atoms with E-state index < -0.39 is 0 Å². The molecule has 0 spiro atoms. The quantitative estimate of drug-likeness (QED) is 0.753. The van der Waals surface area contributed by atoms with Gasteiger partial charge < -0.3 is 10.3 Å². The monoisotopic (exact) mass is 192 g/mol. The summed E-state index contributed by atoms with van der Waals surface area (Å²) in [5.41, 5.74) is 0. The molecule has 1 amide bonds. The summed E-state index contributed by atoms with van der Waals surface area (Å²) in [5.74, 6) is 0.649. The molecule has 66 valence electrons. The largest absolute Gasteiger partial charge is 0.348 e. The summed E-state index contributed by atoms with van der Waals surface area (Å²) < 4.78 is 0. The Hall–Kier alpha value is -1.55. The number of nitrogens with one attached hydrogen (secondary N) is 2. The molecule has 2 heterocycles. The Morgan fingerprint density at radius 2 is 2.31 bits per heavy atom. The third kappa shape index (κ3) is 1.78. The topological polar surface area (TPSA) is 44.9 Å². The molecule has 3 nitrogen and oxygen atoms in total. The maximum Gasteiger partial charge on any atom is 0.266 e. The highest BCUT2D eigenvalue weighted by Gasteiger charge is 2.05. The van der Waals surface area contributed by atoms with Crippen LogP contribution in [0.1, 0.15) is 9.67 Å². The van der Waals surface area contributed by atoms with Crippen molar-refractivity contribution < 1.29 is 4.79 Å². The number of hydrogen-bond donors (Lipinski definition) is 2. The molecule has 2 aromatic rings. The second-order valence-electron chi connectivity index (χ2n) is 2.52. The molecule has 13 heavy (non-hydrogen) atoms.